The van der Waals surface area contributed by atoms with Gasteiger partial charge in [0.15, 0.2) is 0 Å². The normalized spacial score (nSPS) is 11.1. The van der Waals surface area contributed by atoms with E-state index in [1.807, 2.05) is 65.8 Å². The molecule has 3 nitrogen and oxygen atoms in total. The van der Waals surface area contributed by atoms with Crippen LogP contribution in [0.4, 0.5) is 0 Å². The van der Waals surface area contributed by atoms with E-state index in [0.29, 0.717) is 0 Å². The third kappa shape index (κ3) is 15.4. The fraction of sp³-hybridized carbons (Fsp3) is 0.727. The zero-order chi connectivity index (χ0) is 21.6. The lowest BCUT2D eigenvalue weighted by Crippen LogP contribution is -2.44. The molecule has 1 aromatic rings. The largest absolute Gasteiger partial charge is 0.390 e. The maximum Gasteiger partial charge on any atom is 0.113 e. The van der Waals surface area contributed by atoms with Crippen LogP contribution in [0, 0.1) is 6.92 Å². The predicted octanol–water partition coefficient (Wildman–Crippen LogP) is 4.29. The van der Waals surface area contributed by atoms with E-state index in [2.05, 4.69) is 0 Å². The van der Waals surface area contributed by atoms with Gasteiger partial charge in [0.25, 0.3) is 0 Å². The molecule has 2 radical (unpaired) electrons. The summed E-state index contributed by atoms with van der Waals surface area (Å²) in [6, 6.07) is 7.79. The van der Waals surface area contributed by atoms with Crippen LogP contribution >= 0.6 is 0 Å². The zero-order valence-electron chi connectivity index (χ0n) is 18.8. The van der Waals surface area contributed by atoms with Crippen molar-refractivity contribution in [3.8, 4) is 0 Å². The number of hydrogen-bond donors (Lipinski definition) is 3. The summed E-state index contributed by atoms with van der Waals surface area (Å²) in [6.45, 7) is 18.4. The monoisotopic (exact) mass is 366 g/mol. The van der Waals surface area contributed by atoms with Gasteiger partial charge in [-0.25, -0.2) is 0 Å². The molecule has 152 valence electrons. The first-order valence-corrected chi connectivity index (χ1v) is 9.71. The Morgan fingerprint density at radius 1 is 0.731 bits per heavy atom. The van der Waals surface area contributed by atoms with Gasteiger partial charge in [0.2, 0.25) is 0 Å². The molecule has 0 saturated carbocycles. The van der Waals surface area contributed by atoms with E-state index in [-0.39, 0.29) is 5.60 Å². The van der Waals surface area contributed by atoms with Crippen LogP contribution in [-0.4, -0.2) is 40.0 Å². The van der Waals surface area contributed by atoms with Crippen molar-refractivity contribution in [1.29, 1.82) is 0 Å². The van der Waals surface area contributed by atoms with Crippen LogP contribution in [0.1, 0.15) is 87.1 Å². The van der Waals surface area contributed by atoms with E-state index >= 15 is 0 Å². The molecule has 0 heterocycles. The summed E-state index contributed by atoms with van der Waals surface area (Å²) in [5.41, 5.74) is -0.310. The van der Waals surface area contributed by atoms with E-state index in [1.165, 1.54) is 5.56 Å². The van der Waals surface area contributed by atoms with Gasteiger partial charge in [0.05, 0.1) is 16.8 Å². The van der Waals surface area contributed by atoms with Gasteiger partial charge in [-0.1, -0.05) is 69.9 Å². The Bertz CT molecular complexity index is 383. The molecule has 4 heteroatoms. The highest BCUT2D eigenvalue weighted by atomic mass is 16.3. The van der Waals surface area contributed by atoms with E-state index < -0.39 is 11.2 Å². The fourth-order valence-electron chi connectivity index (χ4n) is 1.32. The average Bonchev–Trinajstić information content (AvgIpc) is 2.58. The maximum absolute atomic E-state index is 9.44. The molecule has 0 fully saturated rings. The molecular weight excluding hydrogens is 323 g/mol. The second-order valence-corrected chi connectivity index (χ2v) is 7.31. The van der Waals surface area contributed by atoms with Gasteiger partial charge < -0.3 is 15.3 Å². The molecule has 0 aliphatic carbocycles. The van der Waals surface area contributed by atoms with Crippen molar-refractivity contribution in [2.45, 2.75) is 105 Å². The van der Waals surface area contributed by atoms with Crippen LogP contribution in [0.25, 0.3) is 0 Å². The molecule has 0 aliphatic rings. The Kier molecular flexibility index (Phi) is 16.4. The summed E-state index contributed by atoms with van der Waals surface area (Å²) in [6.07, 6.45) is 2.62. The summed E-state index contributed by atoms with van der Waals surface area (Å²) >= 11 is 0. The smallest absolute Gasteiger partial charge is 0.113 e. The van der Waals surface area contributed by atoms with Crippen molar-refractivity contribution in [3.05, 3.63) is 29.8 Å². The second kappa shape index (κ2) is 14.3. The fourth-order valence-corrected chi connectivity index (χ4v) is 1.32. The number of aryl methyl sites for hydroxylation is 1. The van der Waals surface area contributed by atoms with Crippen molar-refractivity contribution in [3.63, 3.8) is 0 Å². The van der Waals surface area contributed by atoms with Crippen molar-refractivity contribution in [2.24, 2.45) is 0 Å². The Morgan fingerprint density at radius 2 is 1.00 bits per heavy atom. The lowest BCUT2D eigenvalue weighted by Gasteiger charge is -2.31. The van der Waals surface area contributed by atoms with Crippen molar-refractivity contribution in [1.82, 2.24) is 0 Å². The maximum atomic E-state index is 9.44. The first-order valence-electron chi connectivity index (χ1n) is 9.71. The molecule has 26 heavy (non-hydrogen) atoms. The highest BCUT2D eigenvalue weighted by Gasteiger charge is 2.31. The summed E-state index contributed by atoms with van der Waals surface area (Å²) in [5, 5.41) is 27.6. The van der Waals surface area contributed by atoms with Gasteiger partial charge in [0.1, 0.15) is 7.85 Å². The molecule has 0 spiro atoms. The number of aliphatic hydroxyl groups is 3. The van der Waals surface area contributed by atoms with Crippen molar-refractivity contribution < 1.29 is 15.3 Å². The minimum atomic E-state index is -1.01. The third-order valence-corrected chi connectivity index (χ3v) is 4.55. The molecule has 1 aromatic carbocycles. The molecule has 0 atom stereocenters. The molecule has 0 amide bonds. The zero-order valence-corrected chi connectivity index (χ0v) is 18.8. The molecule has 0 unspecified atom stereocenters. The lowest BCUT2D eigenvalue weighted by atomic mass is 9.90. The van der Waals surface area contributed by atoms with Crippen LogP contribution in [0.3, 0.4) is 0 Å². The second-order valence-electron chi connectivity index (χ2n) is 7.31. The van der Waals surface area contributed by atoms with Gasteiger partial charge in [-0.2, -0.15) is 0 Å². The van der Waals surface area contributed by atoms with E-state index in [1.54, 1.807) is 27.7 Å². The SMILES string of the molecule is CC.CC(C)(O)C(C)(C)O.CCC(O)(CC)CC.[B]c1ccc(C)cc1. The summed E-state index contributed by atoms with van der Waals surface area (Å²) < 4.78 is 0. The van der Waals surface area contributed by atoms with Gasteiger partial charge >= 0.3 is 0 Å². The number of hydrogen-bond acceptors (Lipinski definition) is 3. The average molecular weight is 366 g/mol. The highest BCUT2D eigenvalue weighted by Crippen LogP contribution is 2.19. The molecule has 0 bridgehead atoms. The van der Waals surface area contributed by atoms with Gasteiger partial charge in [-0.3, -0.25) is 0 Å². The minimum absolute atomic E-state index is 0.375. The Hall–Kier alpha value is -0.835. The van der Waals surface area contributed by atoms with E-state index in [0.717, 1.165) is 24.7 Å². The van der Waals surface area contributed by atoms with E-state index in [9.17, 15) is 5.11 Å². The van der Waals surface area contributed by atoms with Crippen LogP contribution in [-0.2, 0) is 0 Å². The van der Waals surface area contributed by atoms with E-state index in [4.69, 9.17) is 18.1 Å². The van der Waals surface area contributed by atoms with Crippen molar-refractivity contribution in [2.75, 3.05) is 0 Å². The number of benzene rings is 1. The van der Waals surface area contributed by atoms with Crippen LogP contribution in [0.2, 0.25) is 0 Å². The molecule has 3 N–H and O–H groups in total. The molecule has 0 aliphatic heterocycles. The third-order valence-electron chi connectivity index (χ3n) is 4.55. The Balaban J connectivity index is -0.000000291. The number of rotatable bonds is 4. The predicted molar refractivity (Wildman–Crippen MR) is 116 cm³/mol. The quantitative estimate of drug-likeness (QED) is 0.697. The summed E-state index contributed by atoms with van der Waals surface area (Å²) in [7, 11) is 5.43. The Morgan fingerprint density at radius 3 is 1.12 bits per heavy atom. The highest BCUT2D eigenvalue weighted by molar-refractivity contribution is 6.32. The minimum Gasteiger partial charge on any atom is -0.390 e. The topological polar surface area (TPSA) is 60.7 Å². The Labute approximate surface area is 164 Å². The van der Waals surface area contributed by atoms with Crippen LogP contribution in [0.5, 0.6) is 0 Å². The molecular formula is C22H43BO3. The van der Waals surface area contributed by atoms with Crippen molar-refractivity contribution >= 4 is 13.3 Å². The lowest BCUT2D eigenvalue weighted by molar-refractivity contribution is -0.107. The first kappa shape index (κ1) is 29.9. The standard InChI is InChI=1S/C7H7B.C7H16O.C6H14O2.C2H6/c1-6-2-4-7(8)5-3-6;1-4-7(8,5-2)6-3;1-5(2,7)6(3,4)8;1-2/h2-5H,1H3;8H,4-6H2,1-3H3;7-8H,1-4H3;1-2H3. The molecule has 0 aromatic heterocycles. The summed E-state index contributed by atoms with van der Waals surface area (Å²) in [4.78, 5) is 0. The van der Waals surface area contributed by atoms with Crippen LogP contribution < -0.4 is 5.46 Å². The van der Waals surface area contributed by atoms with Gasteiger partial charge in [-0.15, -0.1) is 0 Å². The summed E-state index contributed by atoms with van der Waals surface area (Å²) in [5.74, 6) is 0. The van der Waals surface area contributed by atoms with Crippen LogP contribution in [0.15, 0.2) is 24.3 Å². The van der Waals surface area contributed by atoms with Gasteiger partial charge in [-0.05, 0) is 53.9 Å². The molecule has 1 rings (SSSR count). The molecule has 0 saturated heterocycles. The first-order chi connectivity index (χ1) is 11.7. The van der Waals surface area contributed by atoms with Gasteiger partial charge in [0, 0.05) is 0 Å².